The zero-order valence-electron chi connectivity index (χ0n) is 10.9. The van der Waals surface area contributed by atoms with Crippen molar-refractivity contribution in [2.24, 2.45) is 0 Å². The third kappa shape index (κ3) is 3.37. The maximum absolute atomic E-state index is 11.5. The molecule has 0 atom stereocenters. The summed E-state index contributed by atoms with van der Waals surface area (Å²) in [4.78, 5) is 15.9. The molecule has 7 heteroatoms. The van der Waals surface area contributed by atoms with E-state index in [2.05, 4.69) is 15.2 Å². The van der Waals surface area contributed by atoms with E-state index in [1.807, 2.05) is 19.1 Å². The first-order valence-corrected chi connectivity index (χ1v) is 7.01. The number of pyridine rings is 1. The molecule has 2 aromatic heterocycles. The van der Waals surface area contributed by atoms with Crippen LogP contribution in [-0.2, 0) is 12.3 Å². The van der Waals surface area contributed by atoms with Gasteiger partial charge in [0.1, 0.15) is 0 Å². The number of ether oxygens (including phenoxy) is 1. The molecule has 0 aromatic carbocycles. The first-order valence-electron chi connectivity index (χ1n) is 6.02. The third-order valence-corrected chi connectivity index (χ3v) is 3.52. The van der Waals surface area contributed by atoms with Crippen molar-refractivity contribution in [2.75, 3.05) is 7.11 Å². The highest BCUT2D eigenvalue weighted by Gasteiger charge is 2.08. The lowest BCUT2D eigenvalue weighted by molar-refractivity contribution is 0.397. The minimum atomic E-state index is -0.164. The highest BCUT2D eigenvalue weighted by atomic mass is 32.2. The summed E-state index contributed by atoms with van der Waals surface area (Å²) in [6.07, 6.45) is 0.893. The van der Waals surface area contributed by atoms with Crippen LogP contribution in [0.25, 0.3) is 0 Å². The second-order valence-corrected chi connectivity index (χ2v) is 4.87. The van der Waals surface area contributed by atoms with Crippen LogP contribution in [-0.4, -0.2) is 26.9 Å². The molecule has 2 aromatic rings. The van der Waals surface area contributed by atoms with Crippen LogP contribution >= 0.6 is 11.8 Å². The molecule has 102 valence electrons. The summed E-state index contributed by atoms with van der Waals surface area (Å²) in [5, 5.41) is 7.18. The van der Waals surface area contributed by atoms with Crippen LogP contribution in [0.5, 0.6) is 5.88 Å². The SMILES string of the molecule is CCCn1c(SCc2cccc(OC)n2)n[nH]c1=O. The molecule has 19 heavy (non-hydrogen) atoms. The van der Waals surface area contributed by atoms with Gasteiger partial charge < -0.3 is 4.74 Å². The van der Waals surface area contributed by atoms with Gasteiger partial charge in [0.2, 0.25) is 5.88 Å². The molecule has 0 unspecified atom stereocenters. The largest absolute Gasteiger partial charge is 0.481 e. The van der Waals surface area contributed by atoms with Gasteiger partial charge in [-0.15, -0.1) is 5.10 Å². The standard InChI is InChI=1S/C12H16N4O2S/c1-3-7-16-11(17)14-15-12(16)19-8-9-5-4-6-10(13-9)18-2/h4-6H,3,7-8H2,1-2H3,(H,14,17). The van der Waals surface area contributed by atoms with E-state index in [1.165, 1.54) is 11.8 Å². The van der Waals surface area contributed by atoms with Crippen molar-refractivity contribution in [3.05, 3.63) is 34.4 Å². The summed E-state index contributed by atoms with van der Waals surface area (Å²) in [5.74, 6) is 1.23. The lowest BCUT2D eigenvalue weighted by Crippen LogP contribution is -2.17. The van der Waals surface area contributed by atoms with Gasteiger partial charge in [-0.25, -0.2) is 14.9 Å². The summed E-state index contributed by atoms with van der Waals surface area (Å²) in [6, 6.07) is 5.62. The van der Waals surface area contributed by atoms with Crippen LogP contribution in [0.1, 0.15) is 19.0 Å². The number of thioether (sulfide) groups is 1. The monoisotopic (exact) mass is 280 g/mol. The van der Waals surface area contributed by atoms with E-state index in [4.69, 9.17) is 4.74 Å². The molecule has 2 rings (SSSR count). The summed E-state index contributed by atoms with van der Waals surface area (Å²) >= 11 is 1.48. The van der Waals surface area contributed by atoms with Crippen molar-refractivity contribution in [1.29, 1.82) is 0 Å². The number of H-pyrrole nitrogens is 1. The van der Waals surface area contributed by atoms with Crippen LogP contribution < -0.4 is 10.4 Å². The van der Waals surface area contributed by atoms with E-state index in [9.17, 15) is 4.79 Å². The molecule has 1 N–H and O–H groups in total. The van der Waals surface area contributed by atoms with Gasteiger partial charge in [0.05, 0.1) is 12.8 Å². The molecule has 0 radical (unpaired) electrons. The van der Waals surface area contributed by atoms with Crippen molar-refractivity contribution in [1.82, 2.24) is 19.7 Å². The Balaban J connectivity index is 2.07. The molecule has 0 spiro atoms. The average molecular weight is 280 g/mol. The molecule has 0 aliphatic heterocycles. The molecular weight excluding hydrogens is 264 g/mol. The topological polar surface area (TPSA) is 72.8 Å². The van der Waals surface area contributed by atoms with Gasteiger partial charge in [0.25, 0.3) is 0 Å². The summed E-state index contributed by atoms with van der Waals surface area (Å²) in [7, 11) is 1.59. The van der Waals surface area contributed by atoms with Gasteiger partial charge in [-0.1, -0.05) is 24.8 Å². The van der Waals surface area contributed by atoms with Gasteiger partial charge in [0.15, 0.2) is 5.16 Å². The Morgan fingerprint density at radius 3 is 3.05 bits per heavy atom. The van der Waals surface area contributed by atoms with E-state index in [0.717, 1.165) is 12.1 Å². The highest BCUT2D eigenvalue weighted by molar-refractivity contribution is 7.98. The second-order valence-electron chi connectivity index (χ2n) is 3.92. The number of rotatable bonds is 6. The Morgan fingerprint density at radius 1 is 1.47 bits per heavy atom. The number of aromatic nitrogens is 4. The molecule has 2 heterocycles. The third-order valence-electron chi connectivity index (χ3n) is 2.51. The second kappa shape index (κ2) is 6.42. The normalized spacial score (nSPS) is 10.6. The Labute approximate surface area is 115 Å². The number of hydrogen-bond donors (Lipinski definition) is 1. The minimum absolute atomic E-state index is 0.164. The van der Waals surface area contributed by atoms with Gasteiger partial charge >= 0.3 is 5.69 Å². The fraction of sp³-hybridized carbons (Fsp3) is 0.417. The predicted molar refractivity (Wildman–Crippen MR) is 73.5 cm³/mol. The van der Waals surface area contributed by atoms with Crippen LogP contribution in [0, 0.1) is 0 Å². The maximum atomic E-state index is 11.5. The number of nitrogens with one attached hydrogen (secondary N) is 1. The Kier molecular flexibility index (Phi) is 4.62. The van der Waals surface area contributed by atoms with Gasteiger partial charge in [-0.05, 0) is 12.5 Å². The molecular formula is C12H16N4O2S. The van der Waals surface area contributed by atoms with Crippen molar-refractivity contribution in [2.45, 2.75) is 30.8 Å². The number of methoxy groups -OCH3 is 1. The highest BCUT2D eigenvalue weighted by Crippen LogP contribution is 2.19. The van der Waals surface area contributed by atoms with Crippen LogP contribution in [0.15, 0.2) is 28.2 Å². The molecule has 0 bridgehead atoms. The first-order chi connectivity index (χ1) is 9.24. The van der Waals surface area contributed by atoms with Crippen LogP contribution in [0.4, 0.5) is 0 Å². The Bertz CT molecular complexity index is 593. The van der Waals surface area contributed by atoms with Crippen LogP contribution in [0.2, 0.25) is 0 Å². The van der Waals surface area contributed by atoms with E-state index in [-0.39, 0.29) is 5.69 Å². The lowest BCUT2D eigenvalue weighted by atomic mass is 10.4. The molecule has 0 fully saturated rings. The van der Waals surface area contributed by atoms with Crippen molar-refractivity contribution >= 4 is 11.8 Å². The van der Waals surface area contributed by atoms with Gasteiger partial charge in [0, 0.05) is 18.4 Å². The lowest BCUT2D eigenvalue weighted by Gasteiger charge is -2.04. The number of hydrogen-bond acceptors (Lipinski definition) is 5. The van der Waals surface area contributed by atoms with Crippen molar-refractivity contribution in [3.8, 4) is 5.88 Å². The molecule has 0 aliphatic carbocycles. The zero-order valence-corrected chi connectivity index (χ0v) is 11.7. The van der Waals surface area contributed by atoms with Gasteiger partial charge in [-0.3, -0.25) is 4.57 Å². The van der Waals surface area contributed by atoms with E-state index in [1.54, 1.807) is 17.7 Å². The Morgan fingerprint density at radius 2 is 2.32 bits per heavy atom. The fourth-order valence-corrected chi connectivity index (χ4v) is 2.50. The van der Waals surface area contributed by atoms with E-state index < -0.39 is 0 Å². The quantitative estimate of drug-likeness (QED) is 0.815. The summed E-state index contributed by atoms with van der Waals surface area (Å²) < 4.78 is 6.72. The predicted octanol–water partition coefficient (Wildman–Crippen LogP) is 1.68. The van der Waals surface area contributed by atoms with E-state index in [0.29, 0.717) is 23.3 Å². The van der Waals surface area contributed by atoms with Crippen molar-refractivity contribution in [3.63, 3.8) is 0 Å². The summed E-state index contributed by atoms with van der Waals surface area (Å²) in [5.41, 5.74) is 0.728. The van der Waals surface area contributed by atoms with E-state index >= 15 is 0 Å². The van der Waals surface area contributed by atoms with Crippen LogP contribution in [0.3, 0.4) is 0 Å². The number of aromatic amines is 1. The summed E-state index contributed by atoms with van der Waals surface area (Å²) in [6.45, 7) is 2.70. The zero-order chi connectivity index (χ0) is 13.7. The molecule has 0 aliphatic rings. The van der Waals surface area contributed by atoms with Gasteiger partial charge in [-0.2, -0.15) is 0 Å². The smallest absolute Gasteiger partial charge is 0.343 e. The molecule has 0 amide bonds. The molecule has 0 saturated heterocycles. The first kappa shape index (κ1) is 13.7. The minimum Gasteiger partial charge on any atom is -0.481 e. The molecule has 6 nitrogen and oxygen atoms in total. The average Bonchev–Trinajstić information content (AvgIpc) is 2.78. The number of nitrogens with zero attached hydrogens (tertiary/aromatic N) is 3. The maximum Gasteiger partial charge on any atom is 0.343 e. The van der Waals surface area contributed by atoms with Crippen molar-refractivity contribution < 1.29 is 4.74 Å². The fourth-order valence-electron chi connectivity index (χ4n) is 1.62. The molecule has 0 saturated carbocycles. The Hall–Kier alpha value is -1.76.